The van der Waals surface area contributed by atoms with Crippen LogP contribution in [0.5, 0.6) is 5.75 Å². The molecule has 2 aromatic carbocycles. The van der Waals surface area contributed by atoms with Gasteiger partial charge in [-0.15, -0.1) is 0 Å². The fourth-order valence-electron chi connectivity index (χ4n) is 3.15. The number of hydrogen-bond acceptors (Lipinski definition) is 4. The van der Waals surface area contributed by atoms with Crippen LogP contribution in [0.25, 0.3) is 0 Å². The van der Waals surface area contributed by atoms with Gasteiger partial charge in [-0.1, -0.05) is 17.7 Å². The van der Waals surface area contributed by atoms with Crippen molar-refractivity contribution in [2.75, 3.05) is 37.7 Å². The lowest BCUT2D eigenvalue weighted by Crippen LogP contribution is -2.53. The van der Waals surface area contributed by atoms with Crippen molar-refractivity contribution in [2.24, 2.45) is 0 Å². The minimum atomic E-state index is -1.64. The van der Waals surface area contributed by atoms with E-state index < -0.39 is 39.9 Å². The van der Waals surface area contributed by atoms with Crippen LogP contribution in [0.2, 0.25) is 5.02 Å². The van der Waals surface area contributed by atoms with E-state index in [1.807, 2.05) is 6.92 Å². The maximum Gasteiger partial charge on any atom is 0.257 e. The fraction of sp³-hybridized carbons (Fsp3) is 0.300. The molecular weight excluding hydrogens is 458 g/mol. The summed E-state index contributed by atoms with van der Waals surface area (Å²) in [4.78, 5) is 15.2. The van der Waals surface area contributed by atoms with Crippen molar-refractivity contribution in [3.05, 3.63) is 58.1 Å². The number of carbonyl (C=O) groups excluding carboxylic acids is 1. The predicted molar refractivity (Wildman–Crippen MR) is 113 cm³/mol. The van der Waals surface area contributed by atoms with Crippen LogP contribution in [0.15, 0.2) is 24.3 Å². The van der Waals surface area contributed by atoms with Crippen LogP contribution in [0.1, 0.15) is 17.3 Å². The molecule has 0 spiro atoms. The van der Waals surface area contributed by atoms with Crippen LogP contribution in [0, 0.1) is 23.3 Å². The number of benzene rings is 2. The predicted octanol–water partition coefficient (Wildman–Crippen LogP) is 4.13. The Bertz CT molecular complexity index is 987. The summed E-state index contributed by atoms with van der Waals surface area (Å²) in [5, 5.41) is 1.50. The van der Waals surface area contributed by atoms with Gasteiger partial charge in [0.2, 0.25) is 0 Å². The van der Waals surface area contributed by atoms with Crippen molar-refractivity contribution in [2.45, 2.75) is 6.92 Å². The Morgan fingerprint density at radius 2 is 1.71 bits per heavy atom. The molecule has 31 heavy (non-hydrogen) atoms. The van der Waals surface area contributed by atoms with Crippen LogP contribution in [0.3, 0.4) is 0 Å². The maximum atomic E-state index is 14.2. The van der Waals surface area contributed by atoms with E-state index in [4.69, 9.17) is 28.6 Å². The molecule has 1 aliphatic heterocycles. The number of thiocarbonyl (C=S) groups is 1. The van der Waals surface area contributed by atoms with Crippen molar-refractivity contribution in [1.29, 1.82) is 0 Å². The van der Waals surface area contributed by atoms with Gasteiger partial charge >= 0.3 is 0 Å². The summed E-state index contributed by atoms with van der Waals surface area (Å²) >= 11 is 10.5. The molecule has 1 saturated heterocycles. The molecule has 1 aliphatic rings. The minimum absolute atomic E-state index is 0.0180. The number of halogens is 5. The number of amides is 1. The number of nitrogens with one attached hydrogen (secondary N) is 1. The van der Waals surface area contributed by atoms with Gasteiger partial charge in [-0.05, 0) is 37.3 Å². The first-order valence-corrected chi connectivity index (χ1v) is 10.1. The Balaban J connectivity index is 1.64. The van der Waals surface area contributed by atoms with E-state index in [1.54, 1.807) is 29.2 Å². The fourth-order valence-corrected chi connectivity index (χ4v) is 3.59. The normalized spacial score (nSPS) is 13.9. The first kappa shape index (κ1) is 23.1. The number of carbonyl (C=O) groups is 1. The number of anilines is 1. The van der Waals surface area contributed by atoms with E-state index >= 15 is 0 Å². The van der Waals surface area contributed by atoms with Crippen molar-refractivity contribution >= 4 is 40.5 Å². The molecule has 0 atom stereocenters. The summed E-state index contributed by atoms with van der Waals surface area (Å²) in [5.74, 6) is -6.29. The van der Waals surface area contributed by atoms with Gasteiger partial charge in [-0.3, -0.25) is 10.1 Å². The first-order valence-electron chi connectivity index (χ1n) is 9.34. The molecule has 0 aromatic heterocycles. The second-order valence-electron chi connectivity index (χ2n) is 6.61. The Labute approximate surface area is 186 Å². The molecule has 1 heterocycles. The Morgan fingerprint density at radius 3 is 2.29 bits per heavy atom. The number of rotatable bonds is 4. The number of ether oxygens (including phenoxy) is 1. The van der Waals surface area contributed by atoms with Crippen LogP contribution in [-0.4, -0.2) is 48.7 Å². The SMILES string of the molecule is CCOc1cccc(C(=O)NC(=S)N2CCN(c3c(F)c(F)c(Cl)c(F)c3F)CC2)c1. The molecule has 0 bridgehead atoms. The maximum absolute atomic E-state index is 14.2. The lowest BCUT2D eigenvalue weighted by Gasteiger charge is -2.37. The molecule has 0 aliphatic carbocycles. The Kier molecular flexibility index (Phi) is 7.22. The molecule has 0 saturated carbocycles. The largest absolute Gasteiger partial charge is 0.494 e. The average molecular weight is 476 g/mol. The van der Waals surface area contributed by atoms with Crippen LogP contribution >= 0.6 is 23.8 Å². The molecule has 5 nitrogen and oxygen atoms in total. The monoisotopic (exact) mass is 475 g/mol. The molecule has 1 fully saturated rings. The molecule has 11 heteroatoms. The van der Waals surface area contributed by atoms with Crippen molar-refractivity contribution in [3.8, 4) is 5.75 Å². The third-order valence-corrected chi connectivity index (χ3v) is 5.39. The number of piperazine rings is 1. The summed E-state index contributed by atoms with van der Waals surface area (Å²) in [6.45, 7) is 2.66. The molecule has 0 unspecified atom stereocenters. The third-order valence-electron chi connectivity index (χ3n) is 4.70. The number of nitrogens with zero attached hydrogens (tertiary/aromatic N) is 2. The van der Waals surface area contributed by atoms with Crippen LogP contribution in [-0.2, 0) is 0 Å². The summed E-state index contributed by atoms with van der Waals surface area (Å²) in [6.07, 6.45) is 0. The highest BCUT2D eigenvalue weighted by atomic mass is 35.5. The van der Waals surface area contributed by atoms with E-state index in [9.17, 15) is 22.4 Å². The molecule has 1 N–H and O–H groups in total. The van der Waals surface area contributed by atoms with E-state index in [0.29, 0.717) is 17.9 Å². The summed E-state index contributed by atoms with van der Waals surface area (Å²) < 4.78 is 61.2. The Hall–Kier alpha value is -2.59. The lowest BCUT2D eigenvalue weighted by molar-refractivity contribution is 0.0972. The van der Waals surface area contributed by atoms with E-state index in [-0.39, 0.29) is 31.3 Å². The van der Waals surface area contributed by atoms with Gasteiger partial charge in [0.1, 0.15) is 16.5 Å². The average Bonchev–Trinajstić information content (AvgIpc) is 2.77. The summed E-state index contributed by atoms with van der Waals surface area (Å²) in [6, 6.07) is 6.58. The second-order valence-corrected chi connectivity index (χ2v) is 7.38. The summed E-state index contributed by atoms with van der Waals surface area (Å²) in [7, 11) is 0. The van der Waals surface area contributed by atoms with Gasteiger partial charge in [0, 0.05) is 31.7 Å². The first-order chi connectivity index (χ1) is 14.7. The van der Waals surface area contributed by atoms with Crippen LogP contribution < -0.4 is 15.0 Å². The van der Waals surface area contributed by atoms with Gasteiger partial charge in [0.15, 0.2) is 28.4 Å². The van der Waals surface area contributed by atoms with E-state index in [1.165, 1.54) is 4.90 Å². The highest BCUT2D eigenvalue weighted by Gasteiger charge is 2.30. The molecular formula is C20H18ClF4N3O2S. The molecule has 166 valence electrons. The van der Waals surface area contributed by atoms with Gasteiger partial charge < -0.3 is 14.5 Å². The van der Waals surface area contributed by atoms with Gasteiger partial charge in [0.05, 0.1) is 6.61 Å². The van der Waals surface area contributed by atoms with Crippen molar-refractivity contribution in [3.63, 3.8) is 0 Å². The smallest absolute Gasteiger partial charge is 0.257 e. The van der Waals surface area contributed by atoms with E-state index in [0.717, 1.165) is 0 Å². The Morgan fingerprint density at radius 1 is 1.10 bits per heavy atom. The van der Waals surface area contributed by atoms with Gasteiger partial charge in [-0.2, -0.15) is 0 Å². The van der Waals surface area contributed by atoms with E-state index in [2.05, 4.69) is 5.32 Å². The standard InChI is InChI=1S/C20H18ClF4N3O2S/c1-2-30-12-5-3-4-11(10-12)19(29)26-20(31)28-8-6-27(7-9-28)18-16(24)14(22)13(21)15(23)17(18)25/h3-5,10H,2,6-9H2,1H3,(H,26,29,31). The van der Waals surface area contributed by atoms with Crippen molar-refractivity contribution < 1.29 is 27.1 Å². The van der Waals surface area contributed by atoms with Gasteiger partial charge in [-0.25, -0.2) is 17.6 Å². The van der Waals surface area contributed by atoms with Gasteiger partial charge in [0.25, 0.3) is 5.91 Å². The summed E-state index contributed by atoms with van der Waals surface area (Å²) in [5.41, 5.74) is -0.468. The molecule has 1 amide bonds. The zero-order valence-corrected chi connectivity index (χ0v) is 17.9. The highest BCUT2D eigenvalue weighted by Crippen LogP contribution is 2.33. The number of hydrogen-bond donors (Lipinski definition) is 1. The molecule has 3 rings (SSSR count). The highest BCUT2D eigenvalue weighted by molar-refractivity contribution is 7.80. The zero-order valence-electron chi connectivity index (χ0n) is 16.4. The zero-order chi connectivity index (χ0) is 22.7. The second kappa shape index (κ2) is 9.69. The quantitative estimate of drug-likeness (QED) is 0.312. The van der Waals surface area contributed by atoms with Crippen LogP contribution in [0.4, 0.5) is 23.2 Å². The topological polar surface area (TPSA) is 44.8 Å². The molecule has 2 aromatic rings. The molecule has 0 radical (unpaired) electrons. The third kappa shape index (κ3) is 4.85. The minimum Gasteiger partial charge on any atom is -0.494 e. The lowest BCUT2D eigenvalue weighted by atomic mass is 10.2. The van der Waals surface area contributed by atoms with Crippen molar-refractivity contribution in [1.82, 2.24) is 10.2 Å².